The highest BCUT2D eigenvalue weighted by molar-refractivity contribution is 5.80. The molecule has 120 valence electrons. The van der Waals surface area contributed by atoms with Gasteiger partial charge >= 0.3 is 0 Å². The third kappa shape index (κ3) is 4.76. The fraction of sp³-hybridized carbons (Fsp3) is 0.529. The largest absolute Gasteiger partial charge is 0.359 e. The van der Waals surface area contributed by atoms with E-state index in [-0.39, 0.29) is 5.91 Å². The van der Waals surface area contributed by atoms with Crippen LogP contribution in [0.5, 0.6) is 0 Å². The van der Waals surface area contributed by atoms with Crippen molar-refractivity contribution in [2.24, 2.45) is 10.9 Å². The van der Waals surface area contributed by atoms with E-state index >= 15 is 0 Å². The Labute approximate surface area is 132 Å². The van der Waals surface area contributed by atoms with Crippen LogP contribution in [0.1, 0.15) is 24.8 Å². The third-order valence-corrected chi connectivity index (χ3v) is 4.17. The van der Waals surface area contributed by atoms with E-state index in [9.17, 15) is 4.79 Å². The molecule has 5 heteroatoms. The molecule has 1 heterocycles. The molecule has 1 aliphatic rings. The maximum Gasteiger partial charge on any atom is 0.220 e. The molecule has 22 heavy (non-hydrogen) atoms. The molecule has 0 atom stereocenters. The Hall–Kier alpha value is -2.04. The van der Waals surface area contributed by atoms with Crippen molar-refractivity contribution in [3.8, 4) is 0 Å². The minimum Gasteiger partial charge on any atom is -0.359 e. The Morgan fingerprint density at radius 3 is 2.55 bits per heavy atom. The number of guanidine groups is 1. The number of carbonyl (C=O) groups is 1. The first-order chi connectivity index (χ1) is 10.7. The summed E-state index contributed by atoms with van der Waals surface area (Å²) in [6.45, 7) is 2.69. The zero-order valence-corrected chi connectivity index (χ0v) is 13.5. The molecule has 0 aromatic heterocycles. The van der Waals surface area contributed by atoms with Gasteiger partial charge in [0.1, 0.15) is 0 Å². The van der Waals surface area contributed by atoms with Crippen molar-refractivity contribution in [3.63, 3.8) is 0 Å². The summed E-state index contributed by atoms with van der Waals surface area (Å²) < 4.78 is 0. The Morgan fingerprint density at radius 2 is 1.95 bits per heavy atom. The molecule has 1 amide bonds. The van der Waals surface area contributed by atoms with E-state index in [1.165, 1.54) is 5.56 Å². The molecule has 0 unspecified atom stereocenters. The van der Waals surface area contributed by atoms with Gasteiger partial charge in [-0.3, -0.25) is 9.79 Å². The van der Waals surface area contributed by atoms with Crippen molar-refractivity contribution in [3.05, 3.63) is 35.9 Å². The van der Waals surface area contributed by atoms with Crippen LogP contribution in [0.15, 0.2) is 35.3 Å². The van der Waals surface area contributed by atoms with Gasteiger partial charge in [-0.25, -0.2) is 0 Å². The molecule has 1 saturated heterocycles. The summed E-state index contributed by atoms with van der Waals surface area (Å²) in [6, 6.07) is 10.3. The lowest BCUT2D eigenvalue weighted by molar-refractivity contribution is -0.121. The highest BCUT2D eigenvalue weighted by Gasteiger charge is 2.22. The fourth-order valence-electron chi connectivity index (χ4n) is 2.82. The lowest BCUT2D eigenvalue weighted by Gasteiger charge is -2.34. The summed E-state index contributed by atoms with van der Waals surface area (Å²) >= 11 is 0. The lowest BCUT2D eigenvalue weighted by atomic mass is 9.93. The monoisotopic (exact) mass is 302 g/mol. The van der Waals surface area contributed by atoms with Gasteiger partial charge < -0.3 is 15.5 Å². The average molecular weight is 302 g/mol. The average Bonchev–Trinajstić information content (AvgIpc) is 2.57. The first kappa shape index (κ1) is 16.3. The number of carbonyl (C=O) groups excluding carboxylic acids is 1. The summed E-state index contributed by atoms with van der Waals surface area (Å²) in [7, 11) is 3.52. The van der Waals surface area contributed by atoms with Crippen molar-refractivity contribution >= 4 is 11.9 Å². The molecule has 0 saturated carbocycles. The third-order valence-electron chi connectivity index (χ3n) is 4.17. The number of nitrogens with zero attached hydrogens (tertiary/aromatic N) is 2. The molecule has 1 fully saturated rings. The van der Waals surface area contributed by atoms with Crippen LogP contribution >= 0.6 is 0 Å². The number of nitrogens with one attached hydrogen (secondary N) is 2. The molecule has 1 aromatic carbocycles. The minimum absolute atomic E-state index is 0.144. The Balaban J connectivity index is 1.80. The number of hydrogen-bond donors (Lipinski definition) is 2. The number of likely N-dealkylation sites (tertiary alicyclic amines) is 1. The maximum absolute atomic E-state index is 11.5. The van der Waals surface area contributed by atoms with E-state index in [1.54, 1.807) is 7.05 Å². The Morgan fingerprint density at radius 1 is 1.27 bits per heavy atom. The summed E-state index contributed by atoms with van der Waals surface area (Å²) in [6.07, 6.45) is 2.72. The molecule has 1 aromatic rings. The molecule has 2 N–H and O–H groups in total. The zero-order chi connectivity index (χ0) is 15.8. The second kappa shape index (κ2) is 8.41. The van der Waals surface area contributed by atoms with Gasteiger partial charge in [0.05, 0.1) is 0 Å². The van der Waals surface area contributed by atoms with E-state index in [0.29, 0.717) is 12.3 Å². The van der Waals surface area contributed by atoms with E-state index in [0.717, 1.165) is 38.4 Å². The van der Waals surface area contributed by atoms with Gasteiger partial charge in [-0.2, -0.15) is 0 Å². The van der Waals surface area contributed by atoms with Gasteiger partial charge in [-0.05, 0) is 24.3 Å². The molecular weight excluding hydrogens is 276 g/mol. The van der Waals surface area contributed by atoms with Crippen molar-refractivity contribution in [2.45, 2.75) is 25.8 Å². The lowest BCUT2D eigenvalue weighted by Crippen LogP contribution is -2.45. The predicted octanol–water partition coefficient (Wildman–Crippen LogP) is 1.61. The van der Waals surface area contributed by atoms with Gasteiger partial charge in [0.2, 0.25) is 5.91 Å². The molecule has 2 rings (SSSR count). The van der Waals surface area contributed by atoms with Crippen molar-refractivity contribution < 1.29 is 4.79 Å². The number of aliphatic imine (C=N–C) groups is 1. The van der Waals surface area contributed by atoms with Gasteiger partial charge in [0.15, 0.2) is 5.96 Å². The quantitative estimate of drug-likeness (QED) is 0.656. The number of benzene rings is 1. The van der Waals surface area contributed by atoms with Gasteiger partial charge in [0, 0.05) is 40.2 Å². The van der Waals surface area contributed by atoms with Gasteiger partial charge in [-0.15, -0.1) is 0 Å². The van der Waals surface area contributed by atoms with Crippen molar-refractivity contribution in [1.82, 2.24) is 15.5 Å². The van der Waals surface area contributed by atoms with Crippen LogP contribution in [0.3, 0.4) is 0 Å². The van der Waals surface area contributed by atoms with Crippen LogP contribution in [-0.2, 0) is 11.3 Å². The van der Waals surface area contributed by atoms with E-state index in [4.69, 9.17) is 0 Å². The second-order valence-corrected chi connectivity index (χ2v) is 5.69. The smallest absolute Gasteiger partial charge is 0.220 e. The molecule has 0 spiro atoms. The van der Waals surface area contributed by atoms with Gasteiger partial charge in [-0.1, -0.05) is 30.3 Å². The number of amides is 1. The van der Waals surface area contributed by atoms with Crippen LogP contribution in [0, 0.1) is 5.92 Å². The predicted molar refractivity (Wildman–Crippen MR) is 89.6 cm³/mol. The minimum atomic E-state index is 0.144. The SMILES string of the molecule is CN=C(NCc1ccccc1)N1CCC(CC(=O)NC)CC1. The van der Waals surface area contributed by atoms with Crippen LogP contribution in [0.25, 0.3) is 0 Å². The molecule has 0 bridgehead atoms. The van der Waals surface area contributed by atoms with Crippen molar-refractivity contribution in [1.29, 1.82) is 0 Å². The first-order valence-corrected chi connectivity index (χ1v) is 7.93. The van der Waals surface area contributed by atoms with Crippen LogP contribution < -0.4 is 10.6 Å². The van der Waals surface area contributed by atoms with Crippen LogP contribution in [0.2, 0.25) is 0 Å². The molecule has 0 radical (unpaired) electrons. The number of rotatable bonds is 4. The van der Waals surface area contributed by atoms with E-state index in [2.05, 4.69) is 32.7 Å². The summed E-state index contributed by atoms with van der Waals surface area (Å²) in [5, 5.41) is 6.13. The van der Waals surface area contributed by atoms with E-state index < -0.39 is 0 Å². The molecule has 5 nitrogen and oxygen atoms in total. The topological polar surface area (TPSA) is 56.7 Å². The zero-order valence-electron chi connectivity index (χ0n) is 13.5. The second-order valence-electron chi connectivity index (χ2n) is 5.69. The van der Waals surface area contributed by atoms with Gasteiger partial charge in [0.25, 0.3) is 0 Å². The molecule has 1 aliphatic heterocycles. The summed E-state index contributed by atoms with van der Waals surface area (Å²) in [4.78, 5) is 18.1. The normalized spacial score (nSPS) is 16.5. The first-order valence-electron chi connectivity index (χ1n) is 7.93. The van der Waals surface area contributed by atoms with Crippen LogP contribution in [-0.4, -0.2) is 44.0 Å². The van der Waals surface area contributed by atoms with Crippen molar-refractivity contribution in [2.75, 3.05) is 27.2 Å². The highest BCUT2D eigenvalue weighted by Crippen LogP contribution is 2.20. The Bertz CT molecular complexity index is 493. The molecular formula is C17H26N4O. The highest BCUT2D eigenvalue weighted by atomic mass is 16.1. The number of hydrogen-bond acceptors (Lipinski definition) is 2. The fourth-order valence-corrected chi connectivity index (χ4v) is 2.82. The van der Waals surface area contributed by atoms with E-state index in [1.807, 2.05) is 25.2 Å². The Kier molecular flexibility index (Phi) is 6.25. The summed E-state index contributed by atoms with van der Waals surface area (Å²) in [5.74, 6) is 1.58. The number of piperidine rings is 1. The molecule has 0 aliphatic carbocycles. The summed E-state index contributed by atoms with van der Waals surface area (Å²) in [5.41, 5.74) is 1.25. The maximum atomic E-state index is 11.5. The van der Waals surface area contributed by atoms with Crippen LogP contribution in [0.4, 0.5) is 0 Å². The standard InChI is InChI=1S/C17H26N4O/c1-18-16(22)12-14-8-10-21(11-9-14)17(19-2)20-13-15-6-4-3-5-7-15/h3-7,14H,8-13H2,1-2H3,(H,18,22)(H,19,20).